The lowest BCUT2D eigenvalue weighted by Gasteiger charge is -2.38. The van der Waals surface area contributed by atoms with E-state index in [4.69, 9.17) is 0 Å². The number of hydrogen-bond donors (Lipinski definition) is 1. The largest absolute Gasteiger partial charge is 0.397 e. The van der Waals surface area contributed by atoms with Gasteiger partial charge in [-0.25, -0.2) is 0 Å². The molecule has 1 N–H and O–H groups in total. The topological polar surface area (TPSA) is 20.2 Å². The molecule has 2 heteroatoms. The van der Waals surface area contributed by atoms with Crippen LogP contribution in [0.5, 0.6) is 0 Å². The molecule has 0 fully saturated rings. The molecule has 0 rings (SSSR count). The molecule has 0 aromatic rings. The summed E-state index contributed by atoms with van der Waals surface area (Å²) in [5.41, 5.74) is 1.26. The van der Waals surface area contributed by atoms with E-state index in [0.29, 0.717) is 11.1 Å². The molecule has 1 nitrogen and oxygen atoms in total. The van der Waals surface area contributed by atoms with Crippen molar-refractivity contribution < 1.29 is 5.11 Å². The first-order valence-corrected chi connectivity index (χ1v) is 7.24. The van der Waals surface area contributed by atoms with Gasteiger partial charge in [0.15, 0.2) is 0 Å². The van der Waals surface area contributed by atoms with Crippen molar-refractivity contribution in [1.82, 2.24) is 0 Å². The molecule has 0 aliphatic carbocycles. The second kappa shape index (κ2) is 3.72. The summed E-state index contributed by atoms with van der Waals surface area (Å²) in [6.07, 6.45) is 0. The lowest BCUT2D eigenvalue weighted by Crippen LogP contribution is -2.48. The normalized spacial score (nSPS) is 16.1. The van der Waals surface area contributed by atoms with E-state index < -0.39 is 8.07 Å². The number of aliphatic hydroxyl groups is 1. The van der Waals surface area contributed by atoms with Gasteiger partial charge in [-0.2, -0.15) is 0 Å². The van der Waals surface area contributed by atoms with Crippen molar-refractivity contribution in [2.45, 2.75) is 58.0 Å². The first-order chi connectivity index (χ1) is 4.83. The van der Waals surface area contributed by atoms with Gasteiger partial charge in [0.2, 0.25) is 0 Å². The Bertz CT molecular complexity index is 97.0. The summed E-state index contributed by atoms with van der Waals surface area (Å²) in [6, 6.07) is 0. The molecule has 0 aliphatic heterocycles. The number of hydrogen-bond acceptors (Lipinski definition) is 1. The molecule has 0 bridgehead atoms. The van der Waals surface area contributed by atoms with Crippen LogP contribution in [0.2, 0.25) is 17.6 Å². The first-order valence-electron chi connectivity index (χ1n) is 4.51. The van der Waals surface area contributed by atoms with Gasteiger partial charge in [-0.15, -0.1) is 0 Å². The van der Waals surface area contributed by atoms with Crippen molar-refractivity contribution in [3.05, 3.63) is 0 Å². The molecule has 1 unspecified atom stereocenters. The number of aliphatic hydroxyl groups excluding tert-OH is 1. The van der Waals surface area contributed by atoms with Crippen LogP contribution >= 0.6 is 0 Å². The van der Waals surface area contributed by atoms with Crippen LogP contribution in [0.1, 0.15) is 34.6 Å². The van der Waals surface area contributed by atoms with E-state index in [1.807, 2.05) is 6.92 Å². The van der Waals surface area contributed by atoms with Gasteiger partial charge in [-0.1, -0.05) is 34.2 Å². The Balaban J connectivity index is 4.53. The van der Waals surface area contributed by atoms with Gasteiger partial charge in [0, 0.05) is 5.73 Å². The predicted molar refractivity (Wildman–Crippen MR) is 53.5 cm³/mol. The lowest BCUT2D eigenvalue weighted by molar-refractivity contribution is 0.258. The summed E-state index contributed by atoms with van der Waals surface area (Å²) in [5, 5.41) is 9.67. The Hall–Kier alpha value is 0.177. The Morgan fingerprint density at radius 2 is 1.18 bits per heavy atom. The van der Waals surface area contributed by atoms with Gasteiger partial charge in [-0.3, -0.25) is 0 Å². The van der Waals surface area contributed by atoms with Gasteiger partial charge in [0.1, 0.15) is 0 Å². The maximum absolute atomic E-state index is 9.67. The average molecular weight is 174 g/mol. The Labute approximate surface area is 71.8 Å². The molecular weight excluding hydrogens is 152 g/mol. The standard InChI is InChI=1S/C9H22OSi/c1-7(2)11(6,8(3)4)9(5)10/h7-10H,1-6H3. The highest BCUT2D eigenvalue weighted by molar-refractivity contribution is 6.82. The van der Waals surface area contributed by atoms with Gasteiger partial charge in [-0.05, 0) is 18.0 Å². The number of rotatable bonds is 3. The zero-order valence-electron chi connectivity index (χ0n) is 8.68. The molecule has 0 aromatic heterocycles. The van der Waals surface area contributed by atoms with E-state index in [-0.39, 0.29) is 5.73 Å². The van der Waals surface area contributed by atoms with Crippen LogP contribution in [-0.4, -0.2) is 18.9 Å². The summed E-state index contributed by atoms with van der Waals surface area (Å²) in [7, 11) is -1.43. The van der Waals surface area contributed by atoms with Crippen LogP contribution in [0.4, 0.5) is 0 Å². The Kier molecular flexibility index (Phi) is 3.78. The molecular formula is C9H22OSi. The lowest BCUT2D eigenvalue weighted by atomic mass is 10.5. The first kappa shape index (κ1) is 11.2. The molecule has 0 spiro atoms. The summed E-state index contributed by atoms with van der Waals surface area (Å²) < 4.78 is 0. The zero-order chi connectivity index (χ0) is 9.23. The molecule has 68 valence electrons. The highest BCUT2D eigenvalue weighted by atomic mass is 28.3. The van der Waals surface area contributed by atoms with E-state index in [2.05, 4.69) is 34.2 Å². The minimum atomic E-state index is -1.43. The quantitative estimate of drug-likeness (QED) is 0.652. The fraction of sp³-hybridized carbons (Fsp3) is 1.00. The molecule has 0 radical (unpaired) electrons. The molecule has 0 aromatic carbocycles. The van der Waals surface area contributed by atoms with Crippen LogP contribution in [0.15, 0.2) is 0 Å². The predicted octanol–water partition coefficient (Wildman–Crippen LogP) is 2.81. The molecule has 0 saturated heterocycles. The Morgan fingerprint density at radius 3 is 1.18 bits per heavy atom. The fourth-order valence-corrected chi connectivity index (χ4v) is 4.89. The maximum Gasteiger partial charge on any atom is 0.0888 e. The van der Waals surface area contributed by atoms with Crippen LogP contribution in [0.3, 0.4) is 0 Å². The average Bonchev–Trinajstić information content (AvgIpc) is 1.84. The zero-order valence-corrected chi connectivity index (χ0v) is 9.68. The summed E-state index contributed by atoms with van der Waals surface area (Å²) in [5.74, 6) is 0. The SMILES string of the molecule is CC(C)[Si](C)(C(C)C)C(C)O. The van der Waals surface area contributed by atoms with E-state index in [1.54, 1.807) is 0 Å². The van der Waals surface area contributed by atoms with Crippen molar-refractivity contribution in [3.8, 4) is 0 Å². The third-order valence-corrected chi connectivity index (χ3v) is 10.2. The monoisotopic (exact) mass is 174 g/mol. The second-order valence-electron chi connectivity index (χ2n) is 4.35. The van der Waals surface area contributed by atoms with E-state index in [0.717, 1.165) is 0 Å². The van der Waals surface area contributed by atoms with Crippen LogP contribution in [-0.2, 0) is 0 Å². The minimum absolute atomic E-state index is 0.0810. The molecule has 11 heavy (non-hydrogen) atoms. The third-order valence-electron chi connectivity index (χ3n) is 3.39. The van der Waals surface area contributed by atoms with Crippen molar-refractivity contribution in [1.29, 1.82) is 0 Å². The van der Waals surface area contributed by atoms with Gasteiger partial charge < -0.3 is 5.11 Å². The highest BCUT2D eigenvalue weighted by Gasteiger charge is 2.38. The molecule has 0 amide bonds. The van der Waals surface area contributed by atoms with Gasteiger partial charge in [0.25, 0.3) is 0 Å². The van der Waals surface area contributed by atoms with E-state index in [1.165, 1.54) is 0 Å². The van der Waals surface area contributed by atoms with Gasteiger partial charge in [0.05, 0.1) is 8.07 Å². The fourth-order valence-electron chi connectivity index (χ4n) is 1.63. The summed E-state index contributed by atoms with van der Waals surface area (Å²) >= 11 is 0. The summed E-state index contributed by atoms with van der Waals surface area (Å²) in [6.45, 7) is 13.2. The smallest absolute Gasteiger partial charge is 0.0888 e. The Morgan fingerprint density at radius 1 is 0.909 bits per heavy atom. The van der Waals surface area contributed by atoms with Crippen molar-refractivity contribution in [2.24, 2.45) is 0 Å². The van der Waals surface area contributed by atoms with E-state index >= 15 is 0 Å². The molecule has 0 heterocycles. The van der Waals surface area contributed by atoms with Gasteiger partial charge >= 0.3 is 0 Å². The molecule has 1 atom stereocenters. The van der Waals surface area contributed by atoms with Crippen molar-refractivity contribution in [3.63, 3.8) is 0 Å². The summed E-state index contributed by atoms with van der Waals surface area (Å²) in [4.78, 5) is 0. The van der Waals surface area contributed by atoms with E-state index in [9.17, 15) is 5.11 Å². The molecule has 0 aliphatic rings. The van der Waals surface area contributed by atoms with Crippen molar-refractivity contribution in [2.75, 3.05) is 0 Å². The minimum Gasteiger partial charge on any atom is -0.397 e. The third kappa shape index (κ3) is 2.06. The van der Waals surface area contributed by atoms with Crippen LogP contribution < -0.4 is 0 Å². The van der Waals surface area contributed by atoms with Crippen LogP contribution in [0.25, 0.3) is 0 Å². The maximum atomic E-state index is 9.67. The van der Waals surface area contributed by atoms with Crippen LogP contribution in [0, 0.1) is 0 Å². The van der Waals surface area contributed by atoms with Crippen molar-refractivity contribution >= 4 is 8.07 Å². The molecule has 0 saturated carbocycles. The highest BCUT2D eigenvalue weighted by Crippen LogP contribution is 2.34. The second-order valence-corrected chi connectivity index (χ2v) is 10.2.